The van der Waals surface area contributed by atoms with Gasteiger partial charge in [-0.3, -0.25) is 4.90 Å². The van der Waals surface area contributed by atoms with Crippen molar-refractivity contribution in [1.29, 1.82) is 0 Å². The van der Waals surface area contributed by atoms with Crippen LogP contribution < -0.4 is 5.73 Å². The van der Waals surface area contributed by atoms with Gasteiger partial charge in [0.25, 0.3) is 0 Å². The van der Waals surface area contributed by atoms with E-state index in [1.54, 1.807) is 7.11 Å². The quantitative estimate of drug-likeness (QED) is 0.921. The van der Waals surface area contributed by atoms with Gasteiger partial charge in [-0.05, 0) is 25.0 Å². The van der Waals surface area contributed by atoms with Crippen molar-refractivity contribution in [1.82, 2.24) is 9.88 Å². The molecule has 1 aliphatic rings. The van der Waals surface area contributed by atoms with Crippen LogP contribution in [0, 0.1) is 0 Å². The third kappa shape index (κ3) is 2.70. The van der Waals surface area contributed by atoms with Crippen LogP contribution in [0.4, 0.5) is 0 Å². The summed E-state index contributed by atoms with van der Waals surface area (Å²) >= 11 is 0. The molecule has 1 aliphatic heterocycles. The first kappa shape index (κ1) is 13.5. The van der Waals surface area contributed by atoms with Crippen LogP contribution in [0.2, 0.25) is 0 Å². The fraction of sp³-hybridized carbons (Fsp3) is 0.533. The number of fused-ring (bicyclic) bond motifs is 1. The highest BCUT2D eigenvalue weighted by molar-refractivity contribution is 5.72. The smallest absolute Gasteiger partial charge is 0.209 e. The second-order valence-corrected chi connectivity index (χ2v) is 5.32. The molecule has 1 aromatic heterocycles. The zero-order valence-electron chi connectivity index (χ0n) is 11.8. The van der Waals surface area contributed by atoms with Gasteiger partial charge in [-0.15, -0.1) is 0 Å². The van der Waals surface area contributed by atoms with E-state index in [2.05, 4.69) is 9.88 Å². The van der Waals surface area contributed by atoms with Crippen LogP contribution in [0.15, 0.2) is 28.7 Å². The highest BCUT2D eigenvalue weighted by atomic mass is 16.5. The summed E-state index contributed by atoms with van der Waals surface area (Å²) in [5.41, 5.74) is 7.65. The van der Waals surface area contributed by atoms with Gasteiger partial charge >= 0.3 is 0 Å². The lowest BCUT2D eigenvalue weighted by atomic mass is 9.99. The zero-order valence-corrected chi connectivity index (χ0v) is 11.8. The Labute approximate surface area is 118 Å². The van der Waals surface area contributed by atoms with Crippen molar-refractivity contribution >= 4 is 11.1 Å². The number of aromatic nitrogens is 1. The summed E-state index contributed by atoms with van der Waals surface area (Å²) in [6.45, 7) is 2.33. The molecule has 20 heavy (non-hydrogen) atoms. The molecule has 0 amide bonds. The predicted octanol–water partition coefficient (Wildman–Crippen LogP) is 1.77. The number of hydrogen-bond donors (Lipinski definition) is 1. The first-order valence-corrected chi connectivity index (χ1v) is 7.11. The van der Waals surface area contributed by atoms with Gasteiger partial charge in [0, 0.05) is 26.2 Å². The Kier molecular flexibility index (Phi) is 4.00. The summed E-state index contributed by atoms with van der Waals surface area (Å²) in [6.07, 6.45) is 2.34. The number of benzene rings is 1. The Morgan fingerprint density at radius 3 is 3.05 bits per heavy atom. The number of likely N-dealkylation sites (tertiary alicyclic amines) is 1. The monoisotopic (exact) mass is 275 g/mol. The Balaban J connectivity index is 1.73. The minimum atomic E-state index is 0.323. The molecule has 0 saturated carbocycles. The number of ether oxygens (including phenoxy) is 1. The molecule has 0 spiro atoms. The third-order valence-corrected chi connectivity index (χ3v) is 4.07. The summed E-state index contributed by atoms with van der Waals surface area (Å²) in [5.74, 6) is 0.764. The lowest BCUT2D eigenvalue weighted by Crippen LogP contribution is -2.48. The van der Waals surface area contributed by atoms with E-state index in [4.69, 9.17) is 14.9 Å². The van der Waals surface area contributed by atoms with Crippen molar-refractivity contribution in [2.75, 3.05) is 20.2 Å². The number of nitrogens with two attached hydrogens (primary N) is 1. The minimum absolute atomic E-state index is 0.323. The molecule has 0 aliphatic carbocycles. The molecule has 2 atom stereocenters. The van der Waals surface area contributed by atoms with Gasteiger partial charge in [0.1, 0.15) is 5.52 Å². The normalized spacial score (nSPS) is 24.3. The van der Waals surface area contributed by atoms with Crippen molar-refractivity contribution in [3.8, 4) is 0 Å². The Hall–Kier alpha value is -1.43. The highest BCUT2D eigenvalue weighted by Gasteiger charge is 2.28. The largest absolute Gasteiger partial charge is 0.439 e. The van der Waals surface area contributed by atoms with Gasteiger partial charge in [0.05, 0.1) is 12.6 Å². The van der Waals surface area contributed by atoms with Crippen molar-refractivity contribution < 1.29 is 9.15 Å². The number of methoxy groups -OCH3 is 1. The molecule has 1 saturated heterocycles. The Morgan fingerprint density at radius 2 is 2.30 bits per heavy atom. The molecule has 2 unspecified atom stereocenters. The average Bonchev–Trinajstić information content (AvgIpc) is 2.90. The van der Waals surface area contributed by atoms with E-state index in [1.165, 1.54) is 0 Å². The molecule has 3 rings (SSSR count). The van der Waals surface area contributed by atoms with Crippen molar-refractivity contribution in [2.45, 2.75) is 31.5 Å². The number of hydrogen-bond acceptors (Lipinski definition) is 5. The lowest BCUT2D eigenvalue weighted by Gasteiger charge is -2.37. The van der Waals surface area contributed by atoms with Gasteiger partial charge in [-0.2, -0.15) is 0 Å². The molecular weight excluding hydrogens is 254 g/mol. The molecule has 1 fully saturated rings. The molecule has 0 radical (unpaired) electrons. The second-order valence-electron chi connectivity index (χ2n) is 5.32. The van der Waals surface area contributed by atoms with Gasteiger partial charge in [-0.1, -0.05) is 12.1 Å². The standard InChI is InChI=1S/C15H21N3O2/c1-19-12-6-7-18(11(8-12)9-16)10-15-17-13-4-2-3-5-14(13)20-15/h2-5,11-12H,6-10,16H2,1H3. The molecule has 5 heteroatoms. The number of rotatable bonds is 4. The third-order valence-electron chi connectivity index (χ3n) is 4.07. The van der Waals surface area contributed by atoms with E-state index < -0.39 is 0 Å². The summed E-state index contributed by atoms with van der Waals surface area (Å²) in [4.78, 5) is 6.88. The number of para-hydroxylation sites is 2. The van der Waals surface area contributed by atoms with Crippen LogP contribution in [0.5, 0.6) is 0 Å². The zero-order chi connectivity index (χ0) is 13.9. The van der Waals surface area contributed by atoms with E-state index in [0.717, 1.165) is 36.4 Å². The average molecular weight is 275 g/mol. The van der Waals surface area contributed by atoms with E-state index >= 15 is 0 Å². The summed E-state index contributed by atoms with van der Waals surface area (Å²) in [6, 6.07) is 8.19. The van der Waals surface area contributed by atoms with Gasteiger partial charge in [0.15, 0.2) is 5.58 Å². The van der Waals surface area contributed by atoms with Crippen molar-refractivity contribution in [2.24, 2.45) is 5.73 Å². The molecule has 2 N–H and O–H groups in total. The fourth-order valence-corrected chi connectivity index (χ4v) is 2.89. The molecular formula is C15H21N3O2. The van der Waals surface area contributed by atoms with Gasteiger partial charge in [-0.25, -0.2) is 4.98 Å². The van der Waals surface area contributed by atoms with Crippen LogP contribution in [0.3, 0.4) is 0 Å². The topological polar surface area (TPSA) is 64.5 Å². The number of oxazole rings is 1. The molecule has 108 valence electrons. The Bertz CT molecular complexity index is 536. The lowest BCUT2D eigenvalue weighted by molar-refractivity contribution is 0.00754. The van der Waals surface area contributed by atoms with Crippen LogP contribution in [-0.4, -0.2) is 42.2 Å². The number of nitrogens with zero attached hydrogens (tertiary/aromatic N) is 2. The minimum Gasteiger partial charge on any atom is -0.439 e. The number of piperidine rings is 1. The van der Waals surface area contributed by atoms with E-state index in [1.807, 2.05) is 24.3 Å². The van der Waals surface area contributed by atoms with Crippen LogP contribution in [0.1, 0.15) is 18.7 Å². The fourth-order valence-electron chi connectivity index (χ4n) is 2.89. The van der Waals surface area contributed by atoms with Crippen LogP contribution in [0.25, 0.3) is 11.1 Å². The SMILES string of the molecule is COC1CCN(Cc2nc3ccccc3o2)C(CN)C1. The Morgan fingerprint density at radius 1 is 1.45 bits per heavy atom. The van der Waals surface area contributed by atoms with E-state index in [9.17, 15) is 0 Å². The second kappa shape index (κ2) is 5.91. The van der Waals surface area contributed by atoms with Gasteiger partial charge in [0.2, 0.25) is 5.89 Å². The maximum Gasteiger partial charge on any atom is 0.209 e. The highest BCUT2D eigenvalue weighted by Crippen LogP contribution is 2.22. The van der Waals surface area contributed by atoms with E-state index in [0.29, 0.717) is 25.2 Å². The molecule has 5 nitrogen and oxygen atoms in total. The first-order chi connectivity index (χ1) is 9.80. The van der Waals surface area contributed by atoms with Crippen molar-refractivity contribution in [3.05, 3.63) is 30.2 Å². The first-order valence-electron chi connectivity index (χ1n) is 7.11. The maximum absolute atomic E-state index is 5.89. The molecule has 0 bridgehead atoms. The summed E-state index contributed by atoms with van der Waals surface area (Å²) in [7, 11) is 1.77. The summed E-state index contributed by atoms with van der Waals surface area (Å²) < 4.78 is 11.2. The molecule has 2 heterocycles. The van der Waals surface area contributed by atoms with Gasteiger partial charge < -0.3 is 14.9 Å². The predicted molar refractivity (Wildman–Crippen MR) is 77.3 cm³/mol. The van der Waals surface area contributed by atoms with Crippen LogP contribution in [-0.2, 0) is 11.3 Å². The van der Waals surface area contributed by atoms with Crippen LogP contribution >= 0.6 is 0 Å². The molecule has 2 aromatic rings. The summed E-state index contributed by atoms with van der Waals surface area (Å²) in [5, 5.41) is 0. The maximum atomic E-state index is 5.89. The van der Waals surface area contributed by atoms with E-state index in [-0.39, 0.29) is 0 Å². The van der Waals surface area contributed by atoms with Crippen molar-refractivity contribution in [3.63, 3.8) is 0 Å². The molecule has 1 aromatic carbocycles.